The first-order valence-corrected chi connectivity index (χ1v) is 4.39. The highest BCUT2D eigenvalue weighted by molar-refractivity contribution is 5.91. The van der Waals surface area contributed by atoms with E-state index >= 15 is 0 Å². The quantitative estimate of drug-likeness (QED) is 0.553. The van der Waals surface area contributed by atoms with Crippen molar-refractivity contribution in [3.8, 4) is 0 Å². The summed E-state index contributed by atoms with van der Waals surface area (Å²) in [6.45, 7) is 4.53. The van der Waals surface area contributed by atoms with Gasteiger partial charge in [0, 0.05) is 6.54 Å². The summed E-state index contributed by atoms with van der Waals surface area (Å²) in [4.78, 5) is 11.3. The molecule has 1 amide bonds. The summed E-state index contributed by atoms with van der Waals surface area (Å²) in [5, 5.41) is 2.70. The predicted molar refractivity (Wildman–Crippen MR) is 51.8 cm³/mol. The van der Waals surface area contributed by atoms with E-state index in [0.717, 1.165) is 6.42 Å². The molecule has 76 valence electrons. The van der Waals surface area contributed by atoms with E-state index in [4.69, 9.17) is 9.15 Å². The molecule has 14 heavy (non-hydrogen) atoms. The van der Waals surface area contributed by atoms with E-state index in [1.807, 2.05) is 0 Å². The Labute approximate surface area is 82.6 Å². The molecule has 0 bridgehead atoms. The molecular formula is C10H13NO3. The first kappa shape index (κ1) is 10.4. The summed E-state index contributed by atoms with van der Waals surface area (Å²) in [6, 6.07) is 3.30. The summed E-state index contributed by atoms with van der Waals surface area (Å²) in [5.74, 6) is 0.128. The Morgan fingerprint density at radius 2 is 2.57 bits per heavy atom. The van der Waals surface area contributed by atoms with E-state index in [1.54, 1.807) is 12.1 Å². The summed E-state index contributed by atoms with van der Waals surface area (Å²) in [6.07, 6.45) is 3.60. The Kier molecular flexibility index (Phi) is 4.34. The van der Waals surface area contributed by atoms with Crippen LogP contribution in [-0.4, -0.2) is 19.1 Å². The molecule has 1 N–H and O–H groups in total. The van der Waals surface area contributed by atoms with Gasteiger partial charge in [0.25, 0.3) is 5.91 Å². The minimum atomic E-state index is -0.200. The van der Waals surface area contributed by atoms with Crippen LogP contribution in [0.2, 0.25) is 0 Å². The molecule has 0 unspecified atom stereocenters. The van der Waals surface area contributed by atoms with Gasteiger partial charge in [0.05, 0.1) is 19.1 Å². The second kappa shape index (κ2) is 5.85. The molecule has 0 atom stereocenters. The van der Waals surface area contributed by atoms with Crippen LogP contribution in [0.5, 0.6) is 0 Å². The molecule has 0 saturated heterocycles. The summed E-state index contributed by atoms with van der Waals surface area (Å²) in [7, 11) is 0. The largest absolute Gasteiger partial charge is 0.502 e. The highest BCUT2D eigenvalue weighted by atomic mass is 16.5. The maximum absolute atomic E-state index is 11.3. The molecule has 0 saturated carbocycles. The van der Waals surface area contributed by atoms with Gasteiger partial charge in [0.1, 0.15) is 0 Å². The number of amides is 1. The Morgan fingerprint density at radius 1 is 1.71 bits per heavy atom. The van der Waals surface area contributed by atoms with Gasteiger partial charge in [-0.1, -0.05) is 6.58 Å². The normalized spacial score (nSPS) is 9.43. The van der Waals surface area contributed by atoms with Crippen LogP contribution < -0.4 is 5.32 Å². The highest BCUT2D eigenvalue weighted by Gasteiger charge is 2.05. The van der Waals surface area contributed by atoms with Gasteiger partial charge in [-0.2, -0.15) is 0 Å². The molecule has 0 spiro atoms. The molecule has 0 aliphatic carbocycles. The van der Waals surface area contributed by atoms with Crippen LogP contribution in [0, 0.1) is 0 Å². The monoisotopic (exact) mass is 195 g/mol. The zero-order chi connectivity index (χ0) is 10.2. The van der Waals surface area contributed by atoms with Crippen LogP contribution in [0.4, 0.5) is 0 Å². The number of rotatable bonds is 6. The molecule has 1 aromatic rings. The fraction of sp³-hybridized carbons (Fsp3) is 0.300. The van der Waals surface area contributed by atoms with Crippen molar-refractivity contribution in [1.82, 2.24) is 5.32 Å². The first-order chi connectivity index (χ1) is 6.84. The second-order valence-electron chi connectivity index (χ2n) is 2.62. The molecule has 0 aromatic carbocycles. The Balaban J connectivity index is 2.13. The van der Waals surface area contributed by atoms with E-state index in [0.29, 0.717) is 18.9 Å². The lowest BCUT2D eigenvalue weighted by Gasteiger charge is -2.02. The zero-order valence-corrected chi connectivity index (χ0v) is 7.86. The van der Waals surface area contributed by atoms with Gasteiger partial charge in [-0.15, -0.1) is 0 Å². The minimum absolute atomic E-state index is 0.200. The second-order valence-corrected chi connectivity index (χ2v) is 2.62. The number of furan rings is 1. The van der Waals surface area contributed by atoms with Crippen molar-refractivity contribution in [1.29, 1.82) is 0 Å². The summed E-state index contributed by atoms with van der Waals surface area (Å²) < 4.78 is 9.81. The molecule has 0 aliphatic rings. The van der Waals surface area contributed by atoms with E-state index < -0.39 is 0 Å². The number of ether oxygens (including phenoxy) is 1. The van der Waals surface area contributed by atoms with Crippen molar-refractivity contribution in [2.45, 2.75) is 6.42 Å². The smallest absolute Gasteiger partial charge is 0.286 e. The number of hydrogen-bond acceptors (Lipinski definition) is 3. The van der Waals surface area contributed by atoms with Crippen molar-refractivity contribution in [2.24, 2.45) is 0 Å². The van der Waals surface area contributed by atoms with Gasteiger partial charge in [-0.25, -0.2) is 0 Å². The maximum atomic E-state index is 11.3. The molecule has 0 fully saturated rings. The van der Waals surface area contributed by atoms with Gasteiger partial charge < -0.3 is 14.5 Å². The lowest BCUT2D eigenvalue weighted by atomic mass is 10.4. The molecule has 1 heterocycles. The van der Waals surface area contributed by atoms with Gasteiger partial charge in [-0.3, -0.25) is 4.79 Å². The standard InChI is InChI=1S/C10H13NO3/c1-2-13-7-4-6-11-10(12)9-5-3-8-14-9/h2-3,5,8H,1,4,6-7H2,(H,11,12). The molecule has 1 rings (SSSR count). The van der Waals surface area contributed by atoms with Crippen molar-refractivity contribution in [3.63, 3.8) is 0 Å². The van der Waals surface area contributed by atoms with Gasteiger partial charge in [0.2, 0.25) is 0 Å². The van der Waals surface area contributed by atoms with Crippen molar-refractivity contribution < 1.29 is 13.9 Å². The van der Waals surface area contributed by atoms with Crippen LogP contribution in [0.3, 0.4) is 0 Å². The Hall–Kier alpha value is -1.71. The third kappa shape index (κ3) is 3.35. The Bertz CT molecular complexity index is 280. The number of carbonyl (C=O) groups is 1. The molecular weight excluding hydrogens is 182 g/mol. The maximum Gasteiger partial charge on any atom is 0.286 e. The summed E-state index contributed by atoms with van der Waals surface area (Å²) in [5.41, 5.74) is 0. The van der Waals surface area contributed by atoms with Gasteiger partial charge in [-0.05, 0) is 18.6 Å². The lowest BCUT2D eigenvalue weighted by Crippen LogP contribution is -2.24. The molecule has 4 heteroatoms. The average Bonchev–Trinajstić information content (AvgIpc) is 2.70. The van der Waals surface area contributed by atoms with E-state index in [9.17, 15) is 4.79 Å². The van der Waals surface area contributed by atoms with Crippen LogP contribution >= 0.6 is 0 Å². The van der Waals surface area contributed by atoms with Crippen LogP contribution in [0.15, 0.2) is 35.7 Å². The van der Waals surface area contributed by atoms with Crippen molar-refractivity contribution in [3.05, 3.63) is 37.0 Å². The van der Waals surface area contributed by atoms with Crippen LogP contribution in [0.1, 0.15) is 17.0 Å². The number of hydrogen-bond donors (Lipinski definition) is 1. The minimum Gasteiger partial charge on any atom is -0.502 e. The molecule has 1 aromatic heterocycles. The molecule has 0 radical (unpaired) electrons. The first-order valence-electron chi connectivity index (χ1n) is 4.39. The molecule has 0 aliphatic heterocycles. The highest BCUT2D eigenvalue weighted by Crippen LogP contribution is 1.98. The van der Waals surface area contributed by atoms with Crippen LogP contribution in [0.25, 0.3) is 0 Å². The number of carbonyl (C=O) groups excluding carboxylic acids is 1. The topological polar surface area (TPSA) is 51.5 Å². The lowest BCUT2D eigenvalue weighted by molar-refractivity contribution is 0.0922. The molecule has 4 nitrogen and oxygen atoms in total. The van der Waals surface area contributed by atoms with E-state index in [1.165, 1.54) is 12.5 Å². The van der Waals surface area contributed by atoms with Crippen molar-refractivity contribution >= 4 is 5.91 Å². The van der Waals surface area contributed by atoms with Crippen LogP contribution in [-0.2, 0) is 4.74 Å². The van der Waals surface area contributed by atoms with Gasteiger partial charge in [0.15, 0.2) is 5.76 Å². The average molecular weight is 195 g/mol. The fourth-order valence-corrected chi connectivity index (χ4v) is 0.936. The zero-order valence-electron chi connectivity index (χ0n) is 7.86. The third-order valence-corrected chi connectivity index (χ3v) is 1.59. The Morgan fingerprint density at radius 3 is 3.21 bits per heavy atom. The SMILES string of the molecule is C=COCCCNC(=O)c1ccco1. The van der Waals surface area contributed by atoms with Crippen molar-refractivity contribution in [2.75, 3.05) is 13.2 Å². The van der Waals surface area contributed by atoms with Gasteiger partial charge >= 0.3 is 0 Å². The summed E-state index contributed by atoms with van der Waals surface area (Å²) >= 11 is 0. The predicted octanol–water partition coefficient (Wildman–Crippen LogP) is 1.56. The fourth-order valence-electron chi connectivity index (χ4n) is 0.936. The van der Waals surface area contributed by atoms with E-state index in [2.05, 4.69) is 11.9 Å². The van der Waals surface area contributed by atoms with E-state index in [-0.39, 0.29) is 5.91 Å². The number of nitrogens with one attached hydrogen (secondary N) is 1. The third-order valence-electron chi connectivity index (χ3n) is 1.59.